The largest absolute Gasteiger partial charge is 0.329 e. The van der Waals surface area contributed by atoms with Crippen molar-refractivity contribution in [3.63, 3.8) is 0 Å². The SMILES string of the molecule is CCC1CCCN(C(CN)c2cc(F)cc(F)c2)C1. The molecule has 1 aliphatic rings. The first kappa shape index (κ1) is 14.4. The van der Waals surface area contributed by atoms with Crippen LogP contribution in [-0.4, -0.2) is 24.5 Å². The highest BCUT2D eigenvalue weighted by atomic mass is 19.1. The minimum absolute atomic E-state index is 0.0838. The maximum Gasteiger partial charge on any atom is 0.126 e. The molecule has 0 amide bonds. The van der Waals surface area contributed by atoms with E-state index in [2.05, 4.69) is 11.8 Å². The summed E-state index contributed by atoms with van der Waals surface area (Å²) in [4.78, 5) is 2.27. The smallest absolute Gasteiger partial charge is 0.126 e. The van der Waals surface area contributed by atoms with Crippen LogP contribution in [0.3, 0.4) is 0 Å². The van der Waals surface area contributed by atoms with Gasteiger partial charge >= 0.3 is 0 Å². The summed E-state index contributed by atoms with van der Waals surface area (Å²) >= 11 is 0. The Morgan fingerprint density at radius 1 is 1.32 bits per heavy atom. The molecule has 1 fully saturated rings. The minimum Gasteiger partial charge on any atom is -0.329 e. The van der Waals surface area contributed by atoms with E-state index in [1.807, 2.05) is 0 Å². The molecule has 1 aliphatic heterocycles. The molecular weight excluding hydrogens is 246 g/mol. The van der Waals surface area contributed by atoms with Gasteiger partial charge in [-0.15, -0.1) is 0 Å². The van der Waals surface area contributed by atoms with Crippen LogP contribution in [0.25, 0.3) is 0 Å². The zero-order valence-corrected chi connectivity index (χ0v) is 11.4. The standard InChI is InChI=1S/C15H22F2N2/c1-2-11-4-3-5-19(10-11)15(9-18)12-6-13(16)8-14(17)7-12/h6-8,11,15H,2-5,9-10,18H2,1H3. The molecule has 0 radical (unpaired) electrons. The normalized spacial score (nSPS) is 22.4. The molecule has 0 saturated carbocycles. The third kappa shape index (κ3) is 3.51. The van der Waals surface area contributed by atoms with Crippen LogP contribution >= 0.6 is 0 Å². The molecule has 0 spiro atoms. The maximum atomic E-state index is 13.3. The van der Waals surface area contributed by atoms with E-state index in [4.69, 9.17) is 5.73 Å². The Morgan fingerprint density at radius 2 is 2.00 bits per heavy atom. The first-order valence-electron chi connectivity index (χ1n) is 7.04. The fourth-order valence-corrected chi connectivity index (χ4v) is 2.98. The van der Waals surface area contributed by atoms with E-state index in [9.17, 15) is 8.78 Å². The fraction of sp³-hybridized carbons (Fsp3) is 0.600. The van der Waals surface area contributed by atoms with Crippen molar-refractivity contribution in [1.29, 1.82) is 0 Å². The van der Waals surface area contributed by atoms with E-state index in [0.29, 0.717) is 18.0 Å². The van der Waals surface area contributed by atoms with Crippen LogP contribution in [0.5, 0.6) is 0 Å². The molecule has 1 aromatic rings. The quantitative estimate of drug-likeness (QED) is 0.909. The van der Waals surface area contributed by atoms with Gasteiger partial charge in [0.05, 0.1) is 0 Å². The number of nitrogens with two attached hydrogens (primary N) is 1. The number of nitrogens with zero attached hydrogens (tertiary/aromatic N) is 1. The molecule has 0 bridgehead atoms. The van der Waals surface area contributed by atoms with Crippen LogP contribution in [0.1, 0.15) is 37.8 Å². The van der Waals surface area contributed by atoms with Crippen molar-refractivity contribution >= 4 is 0 Å². The van der Waals surface area contributed by atoms with Gasteiger partial charge in [0.15, 0.2) is 0 Å². The van der Waals surface area contributed by atoms with Gasteiger partial charge in [0.25, 0.3) is 0 Å². The lowest BCUT2D eigenvalue weighted by molar-refractivity contribution is 0.124. The lowest BCUT2D eigenvalue weighted by Crippen LogP contribution is -2.41. The zero-order chi connectivity index (χ0) is 13.8. The molecule has 0 aliphatic carbocycles. The van der Waals surface area contributed by atoms with E-state index in [1.165, 1.54) is 18.6 Å². The van der Waals surface area contributed by atoms with E-state index in [-0.39, 0.29) is 6.04 Å². The molecule has 19 heavy (non-hydrogen) atoms. The molecule has 2 N–H and O–H groups in total. The lowest BCUT2D eigenvalue weighted by atomic mass is 9.93. The summed E-state index contributed by atoms with van der Waals surface area (Å²) in [6.45, 7) is 4.50. The van der Waals surface area contributed by atoms with Gasteiger partial charge in [0.2, 0.25) is 0 Å². The van der Waals surface area contributed by atoms with E-state index < -0.39 is 11.6 Å². The first-order valence-corrected chi connectivity index (χ1v) is 7.04. The molecular formula is C15H22F2N2. The maximum absolute atomic E-state index is 13.3. The molecule has 1 heterocycles. The summed E-state index contributed by atoms with van der Waals surface area (Å²) in [6, 6.07) is 3.62. The van der Waals surface area contributed by atoms with Crippen molar-refractivity contribution in [3.05, 3.63) is 35.4 Å². The highest BCUT2D eigenvalue weighted by Gasteiger charge is 2.25. The van der Waals surface area contributed by atoms with Gasteiger partial charge < -0.3 is 5.73 Å². The Hall–Kier alpha value is -1.00. The predicted molar refractivity (Wildman–Crippen MR) is 72.7 cm³/mol. The van der Waals surface area contributed by atoms with Gasteiger partial charge in [-0.05, 0) is 43.0 Å². The van der Waals surface area contributed by atoms with Crippen LogP contribution in [0.15, 0.2) is 18.2 Å². The van der Waals surface area contributed by atoms with Crippen molar-refractivity contribution in [1.82, 2.24) is 4.90 Å². The van der Waals surface area contributed by atoms with Crippen molar-refractivity contribution in [2.45, 2.75) is 32.2 Å². The molecule has 0 aromatic heterocycles. The first-order chi connectivity index (χ1) is 9.13. The second-order valence-corrected chi connectivity index (χ2v) is 5.37. The molecule has 2 unspecified atom stereocenters. The molecule has 106 valence electrons. The Kier molecular flexibility index (Phi) is 4.88. The summed E-state index contributed by atoms with van der Waals surface area (Å²) in [5.41, 5.74) is 6.49. The van der Waals surface area contributed by atoms with E-state index in [1.54, 1.807) is 0 Å². The summed E-state index contributed by atoms with van der Waals surface area (Å²) in [5, 5.41) is 0. The molecule has 1 aromatic carbocycles. The number of benzene rings is 1. The topological polar surface area (TPSA) is 29.3 Å². The molecule has 2 atom stereocenters. The Bertz CT molecular complexity index is 402. The monoisotopic (exact) mass is 268 g/mol. The van der Waals surface area contributed by atoms with E-state index >= 15 is 0 Å². The number of halogens is 2. The number of hydrogen-bond donors (Lipinski definition) is 1. The second kappa shape index (κ2) is 6.44. The van der Waals surface area contributed by atoms with Crippen LogP contribution in [0.2, 0.25) is 0 Å². The summed E-state index contributed by atoms with van der Waals surface area (Å²) in [7, 11) is 0. The number of rotatable bonds is 4. The van der Waals surface area contributed by atoms with Gasteiger partial charge in [-0.1, -0.05) is 13.3 Å². The highest BCUT2D eigenvalue weighted by molar-refractivity contribution is 5.22. The Balaban J connectivity index is 2.18. The predicted octanol–water partition coefficient (Wildman–Crippen LogP) is 3.09. The minimum atomic E-state index is -0.530. The molecule has 2 nitrogen and oxygen atoms in total. The van der Waals surface area contributed by atoms with Gasteiger partial charge in [-0.2, -0.15) is 0 Å². The third-order valence-corrected chi connectivity index (χ3v) is 4.06. The lowest BCUT2D eigenvalue weighted by Gasteiger charge is -2.38. The molecule has 1 saturated heterocycles. The van der Waals surface area contributed by atoms with Gasteiger partial charge in [0.1, 0.15) is 11.6 Å². The van der Waals surface area contributed by atoms with Gasteiger partial charge in [0, 0.05) is 25.2 Å². The third-order valence-electron chi connectivity index (χ3n) is 4.06. The van der Waals surface area contributed by atoms with Crippen molar-refractivity contribution in [3.8, 4) is 0 Å². The van der Waals surface area contributed by atoms with Crippen LogP contribution in [-0.2, 0) is 0 Å². The molecule has 4 heteroatoms. The van der Waals surface area contributed by atoms with Crippen LogP contribution in [0.4, 0.5) is 8.78 Å². The average molecular weight is 268 g/mol. The fourth-order valence-electron chi connectivity index (χ4n) is 2.98. The number of piperidine rings is 1. The Morgan fingerprint density at radius 3 is 2.58 bits per heavy atom. The second-order valence-electron chi connectivity index (χ2n) is 5.37. The van der Waals surface area contributed by atoms with Crippen molar-refractivity contribution < 1.29 is 8.78 Å². The van der Waals surface area contributed by atoms with Crippen LogP contribution < -0.4 is 5.73 Å². The number of hydrogen-bond acceptors (Lipinski definition) is 2. The Labute approximate surface area is 113 Å². The zero-order valence-electron chi connectivity index (χ0n) is 11.4. The summed E-state index contributed by atoms with van der Waals surface area (Å²) < 4.78 is 26.7. The van der Waals surface area contributed by atoms with Crippen molar-refractivity contribution in [2.24, 2.45) is 11.7 Å². The average Bonchev–Trinajstić information content (AvgIpc) is 2.39. The molecule has 2 rings (SSSR count). The van der Waals surface area contributed by atoms with Crippen LogP contribution in [0, 0.1) is 17.6 Å². The highest BCUT2D eigenvalue weighted by Crippen LogP contribution is 2.28. The summed E-state index contributed by atoms with van der Waals surface area (Å²) in [6.07, 6.45) is 3.51. The van der Waals surface area contributed by atoms with Crippen molar-refractivity contribution in [2.75, 3.05) is 19.6 Å². The number of likely N-dealkylation sites (tertiary alicyclic amines) is 1. The summed E-state index contributed by atoms with van der Waals surface area (Å²) in [5.74, 6) is -0.392. The van der Waals surface area contributed by atoms with Gasteiger partial charge in [-0.3, -0.25) is 4.90 Å². The van der Waals surface area contributed by atoms with Gasteiger partial charge in [-0.25, -0.2) is 8.78 Å². The van der Waals surface area contributed by atoms with E-state index in [0.717, 1.165) is 32.0 Å².